The molecule has 0 aliphatic carbocycles. The molecule has 0 radical (unpaired) electrons. The predicted octanol–water partition coefficient (Wildman–Crippen LogP) is 2.75. The molecule has 1 aromatic carbocycles. The van der Waals surface area contributed by atoms with Gasteiger partial charge in [-0.3, -0.25) is 0 Å². The lowest BCUT2D eigenvalue weighted by Gasteiger charge is -2.00. The Morgan fingerprint density at radius 2 is 2.31 bits per heavy atom. The Morgan fingerprint density at radius 3 is 3.00 bits per heavy atom. The Labute approximate surface area is 105 Å². The van der Waals surface area contributed by atoms with E-state index in [0.29, 0.717) is 4.88 Å². The minimum Gasteiger partial charge on any atom is -0.464 e. The van der Waals surface area contributed by atoms with Crippen LogP contribution in [-0.2, 0) is 4.74 Å². The first-order valence-corrected chi connectivity index (χ1v) is 5.95. The number of carbonyl (C=O) groups is 1. The predicted molar refractivity (Wildman–Crippen MR) is 64.4 cm³/mol. The van der Waals surface area contributed by atoms with Crippen molar-refractivity contribution in [2.45, 2.75) is 0 Å². The molecule has 0 saturated heterocycles. The second kappa shape index (κ2) is 4.71. The van der Waals surface area contributed by atoms with Gasteiger partial charge < -0.3 is 4.74 Å². The summed E-state index contributed by atoms with van der Waals surface area (Å²) in [4.78, 5) is 12.1. The number of aromatic nitrogens is 2. The number of carbonyl (C=O) groups excluding carboxylic acids is 1. The van der Waals surface area contributed by atoms with E-state index in [9.17, 15) is 4.79 Å². The molecule has 1 heterocycles. The van der Waals surface area contributed by atoms with Crippen LogP contribution in [0.4, 0.5) is 0 Å². The Bertz CT molecular complexity index is 527. The Morgan fingerprint density at radius 1 is 1.50 bits per heavy atom. The van der Waals surface area contributed by atoms with Crippen LogP contribution in [0.25, 0.3) is 10.4 Å². The number of hydrogen-bond donors (Lipinski definition) is 0. The normalized spacial score (nSPS) is 10.1. The molecule has 16 heavy (non-hydrogen) atoms. The van der Waals surface area contributed by atoms with Crippen LogP contribution in [0.15, 0.2) is 28.7 Å². The molecule has 0 N–H and O–H groups in total. The highest BCUT2D eigenvalue weighted by Crippen LogP contribution is 2.28. The summed E-state index contributed by atoms with van der Waals surface area (Å²) in [6, 6.07) is 7.60. The molecule has 2 rings (SSSR count). The molecular formula is C10H7BrN2O2S. The summed E-state index contributed by atoms with van der Waals surface area (Å²) in [5, 5.41) is 3.77. The topological polar surface area (TPSA) is 52.1 Å². The van der Waals surface area contributed by atoms with E-state index in [1.807, 2.05) is 24.3 Å². The quantitative estimate of drug-likeness (QED) is 0.800. The van der Waals surface area contributed by atoms with Gasteiger partial charge in [0.25, 0.3) is 0 Å². The Hall–Kier alpha value is -1.27. The van der Waals surface area contributed by atoms with Gasteiger partial charge in [-0.05, 0) is 29.2 Å². The number of halogens is 1. The summed E-state index contributed by atoms with van der Waals surface area (Å²) in [5.41, 5.74) is 1.15. The number of methoxy groups -OCH3 is 1. The maximum absolute atomic E-state index is 11.4. The van der Waals surface area contributed by atoms with Crippen LogP contribution < -0.4 is 0 Å². The molecule has 4 nitrogen and oxygen atoms in total. The van der Waals surface area contributed by atoms with Gasteiger partial charge in [0.05, 0.1) is 12.0 Å². The van der Waals surface area contributed by atoms with Gasteiger partial charge in [-0.1, -0.05) is 32.6 Å². The fraction of sp³-hybridized carbons (Fsp3) is 0.100. The zero-order chi connectivity index (χ0) is 11.5. The van der Waals surface area contributed by atoms with Gasteiger partial charge in [0.2, 0.25) is 0 Å². The van der Waals surface area contributed by atoms with E-state index < -0.39 is 5.97 Å². The summed E-state index contributed by atoms with van der Waals surface area (Å²) in [5.74, 6) is -0.469. The lowest BCUT2D eigenvalue weighted by atomic mass is 10.1. The van der Waals surface area contributed by atoms with Gasteiger partial charge in [-0.15, -0.1) is 5.10 Å². The second-order valence-corrected chi connectivity index (χ2v) is 4.62. The van der Waals surface area contributed by atoms with Crippen LogP contribution in [0, 0.1) is 0 Å². The van der Waals surface area contributed by atoms with E-state index in [4.69, 9.17) is 0 Å². The maximum Gasteiger partial charge on any atom is 0.360 e. The van der Waals surface area contributed by atoms with Crippen LogP contribution in [0.3, 0.4) is 0 Å². The lowest BCUT2D eigenvalue weighted by molar-refractivity contribution is 0.0595. The summed E-state index contributed by atoms with van der Waals surface area (Å²) < 4.78 is 9.35. The van der Waals surface area contributed by atoms with Crippen molar-refractivity contribution in [3.8, 4) is 10.4 Å². The Balaban J connectivity index is 2.48. The van der Waals surface area contributed by atoms with E-state index in [0.717, 1.165) is 10.0 Å². The second-order valence-electron chi connectivity index (χ2n) is 2.95. The molecule has 0 spiro atoms. The highest BCUT2D eigenvalue weighted by molar-refractivity contribution is 9.10. The molecule has 0 fully saturated rings. The van der Waals surface area contributed by atoms with Crippen molar-refractivity contribution in [2.75, 3.05) is 7.11 Å². The third-order valence-corrected chi connectivity index (χ3v) is 3.22. The largest absolute Gasteiger partial charge is 0.464 e. The summed E-state index contributed by atoms with van der Waals surface area (Å²) in [6.45, 7) is 0. The smallest absolute Gasteiger partial charge is 0.360 e. The van der Waals surface area contributed by atoms with Gasteiger partial charge in [-0.25, -0.2) is 4.79 Å². The van der Waals surface area contributed by atoms with Gasteiger partial charge in [0.1, 0.15) is 0 Å². The first-order chi connectivity index (χ1) is 7.72. The fourth-order valence-electron chi connectivity index (χ4n) is 1.24. The van der Waals surface area contributed by atoms with Crippen LogP contribution in [-0.4, -0.2) is 22.7 Å². The van der Waals surface area contributed by atoms with E-state index in [1.165, 1.54) is 18.6 Å². The van der Waals surface area contributed by atoms with Crippen molar-refractivity contribution < 1.29 is 9.53 Å². The van der Waals surface area contributed by atoms with E-state index in [1.54, 1.807) is 0 Å². The minimum absolute atomic E-state index is 0.255. The average Bonchev–Trinajstić information content (AvgIpc) is 2.77. The third-order valence-electron chi connectivity index (χ3n) is 1.95. The molecule has 0 amide bonds. The van der Waals surface area contributed by atoms with Crippen molar-refractivity contribution in [2.24, 2.45) is 0 Å². The maximum atomic E-state index is 11.4. The number of nitrogens with zero attached hydrogens (tertiary/aromatic N) is 2. The molecular weight excluding hydrogens is 292 g/mol. The standard InChI is InChI=1S/C10H7BrN2O2S/c1-15-10(14)8-9(16-13-12-8)6-3-2-4-7(11)5-6/h2-5H,1H3. The van der Waals surface area contributed by atoms with Crippen molar-refractivity contribution in [1.82, 2.24) is 9.59 Å². The monoisotopic (exact) mass is 298 g/mol. The van der Waals surface area contributed by atoms with Crippen molar-refractivity contribution in [1.29, 1.82) is 0 Å². The van der Waals surface area contributed by atoms with Crippen molar-refractivity contribution >= 4 is 33.4 Å². The molecule has 82 valence electrons. The number of hydrogen-bond acceptors (Lipinski definition) is 5. The summed E-state index contributed by atoms with van der Waals surface area (Å²) in [6.07, 6.45) is 0. The number of rotatable bonds is 2. The highest BCUT2D eigenvalue weighted by Gasteiger charge is 2.18. The van der Waals surface area contributed by atoms with Crippen LogP contribution in [0.1, 0.15) is 10.5 Å². The SMILES string of the molecule is COC(=O)c1nnsc1-c1cccc(Br)c1. The molecule has 1 aromatic heterocycles. The summed E-state index contributed by atoms with van der Waals surface area (Å²) in [7, 11) is 1.33. The van der Waals surface area contributed by atoms with Gasteiger partial charge in [-0.2, -0.15) is 0 Å². The van der Waals surface area contributed by atoms with E-state index >= 15 is 0 Å². The zero-order valence-corrected chi connectivity index (χ0v) is 10.7. The van der Waals surface area contributed by atoms with Crippen LogP contribution >= 0.6 is 27.5 Å². The van der Waals surface area contributed by atoms with E-state index in [-0.39, 0.29) is 5.69 Å². The van der Waals surface area contributed by atoms with Gasteiger partial charge >= 0.3 is 5.97 Å². The van der Waals surface area contributed by atoms with Gasteiger partial charge in [0, 0.05) is 4.47 Å². The third kappa shape index (κ3) is 2.12. The van der Waals surface area contributed by atoms with Crippen molar-refractivity contribution in [3.63, 3.8) is 0 Å². The molecule has 2 aromatic rings. The molecule has 0 aliphatic heterocycles. The molecule has 0 saturated carbocycles. The highest BCUT2D eigenvalue weighted by atomic mass is 79.9. The minimum atomic E-state index is -0.469. The summed E-state index contributed by atoms with van der Waals surface area (Å²) >= 11 is 4.55. The molecule has 0 atom stereocenters. The Kier molecular flexibility index (Phi) is 3.31. The lowest BCUT2D eigenvalue weighted by Crippen LogP contribution is -2.03. The van der Waals surface area contributed by atoms with Gasteiger partial charge in [0.15, 0.2) is 5.69 Å². The first kappa shape index (κ1) is 11.2. The molecule has 6 heteroatoms. The number of esters is 1. The number of benzene rings is 1. The fourth-order valence-corrected chi connectivity index (χ4v) is 2.29. The first-order valence-electron chi connectivity index (χ1n) is 4.39. The van der Waals surface area contributed by atoms with Crippen LogP contribution in [0.2, 0.25) is 0 Å². The van der Waals surface area contributed by atoms with Crippen molar-refractivity contribution in [3.05, 3.63) is 34.4 Å². The zero-order valence-electron chi connectivity index (χ0n) is 8.31. The van der Waals surface area contributed by atoms with E-state index in [2.05, 4.69) is 30.3 Å². The number of ether oxygens (including phenoxy) is 1. The molecule has 0 unspecified atom stereocenters. The average molecular weight is 299 g/mol. The van der Waals surface area contributed by atoms with Crippen LogP contribution in [0.5, 0.6) is 0 Å². The molecule has 0 bridgehead atoms. The molecule has 0 aliphatic rings.